The maximum Gasteiger partial charge on any atom is 0.0998 e. The van der Waals surface area contributed by atoms with Crippen LogP contribution in [0.5, 0.6) is 0 Å². The van der Waals surface area contributed by atoms with Gasteiger partial charge in [0.2, 0.25) is 0 Å². The normalized spacial score (nSPS) is 8.33. The Kier molecular flexibility index (Phi) is 1.37. The van der Waals surface area contributed by atoms with E-state index in [0.717, 1.165) is 0 Å². The summed E-state index contributed by atoms with van der Waals surface area (Å²) in [6.07, 6.45) is 0. The van der Waals surface area contributed by atoms with Gasteiger partial charge in [0, 0.05) is 11.8 Å². The first-order valence-electron chi connectivity index (χ1n) is 2.51. The SMILES string of the molecule is N#Cc1[c]c(N)ccc1. The highest BCUT2D eigenvalue weighted by atomic mass is 14.5. The van der Waals surface area contributed by atoms with Crippen molar-refractivity contribution in [3.8, 4) is 6.07 Å². The van der Waals surface area contributed by atoms with E-state index in [9.17, 15) is 0 Å². The monoisotopic (exact) mass is 117 g/mol. The highest BCUT2D eigenvalue weighted by Crippen LogP contribution is 2.02. The maximum atomic E-state index is 8.33. The molecule has 0 unspecified atom stereocenters. The molecule has 0 saturated carbocycles. The van der Waals surface area contributed by atoms with Crippen molar-refractivity contribution < 1.29 is 0 Å². The van der Waals surface area contributed by atoms with Crippen LogP contribution >= 0.6 is 0 Å². The number of nitrogens with two attached hydrogens (primary N) is 1. The van der Waals surface area contributed by atoms with Gasteiger partial charge in [-0.1, -0.05) is 6.07 Å². The van der Waals surface area contributed by atoms with Gasteiger partial charge in [-0.3, -0.25) is 0 Å². The van der Waals surface area contributed by atoms with Crippen molar-refractivity contribution in [2.24, 2.45) is 0 Å². The molecule has 0 aliphatic carbocycles. The lowest BCUT2D eigenvalue weighted by molar-refractivity contribution is 1.48. The molecule has 43 valence electrons. The molecular weight excluding hydrogens is 112 g/mol. The zero-order valence-corrected chi connectivity index (χ0v) is 4.76. The van der Waals surface area contributed by atoms with Crippen LogP contribution in [-0.2, 0) is 0 Å². The summed E-state index contributed by atoms with van der Waals surface area (Å²) in [5.74, 6) is 0. The molecule has 0 aromatic heterocycles. The van der Waals surface area contributed by atoms with Crippen LogP contribution in [0, 0.1) is 17.4 Å². The summed E-state index contributed by atoms with van der Waals surface area (Å²) in [5, 5.41) is 8.33. The first-order chi connectivity index (χ1) is 4.33. The van der Waals surface area contributed by atoms with Gasteiger partial charge in [-0.2, -0.15) is 5.26 Å². The van der Waals surface area contributed by atoms with Crippen LogP contribution in [0.3, 0.4) is 0 Å². The van der Waals surface area contributed by atoms with Crippen molar-refractivity contribution in [3.05, 3.63) is 29.8 Å². The number of nitrogen functional groups attached to an aromatic ring is 1. The number of hydrogen-bond acceptors (Lipinski definition) is 2. The van der Waals surface area contributed by atoms with E-state index in [0.29, 0.717) is 11.3 Å². The molecule has 2 heteroatoms. The number of nitrogens with zero attached hydrogens (tertiary/aromatic N) is 1. The van der Waals surface area contributed by atoms with Crippen LogP contribution in [0.1, 0.15) is 5.56 Å². The van der Waals surface area contributed by atoms with Crippen molar-refractivity contribution in [3.63, 3.8) is 0 Å². The number of benzene rings is 1. The van der Waals surface area contributed by atoms with Gasteiger partial charge in [0.05, 0.1) is 11.6 Å². The van der Waals surface area contributed by atoms with Crippen LogP contribution in [0.4, 0.5) is 5.69 Å². The summed E-state index contributed by atoms with van der Waals surface area (Å²) >= 11 is 0. The van der Waals surface area contributed by atoms with E-state index in [4.69, 9.17) is 11.0 Å². The predicted octanol–water partition coefficient (Wildman–Crippen LogP) is 0.941. The Balaban J connectivity index is 3.12. The van der Waals surface area contributed by atoms with Gasteiger partial charge in [0.25, 0.3) is 0 Å². The van der Waals surface area contributed by atoms with E-state index in [1.165, 1.54) is 0 Å². The van der Waals surface area contributed by atoms with Crippen molar-refractivity contribution in [1.82, 2.24) is 0 Å². The van der Waals surface area contributed by atoms with Crippen molar-refractivity contribution in [2.45, 2.75) is 0 Å². The molecule has 0 aliphatic rings. The first kappa shape index (κ1) is 5.64. The molecule has 1 aromatic rings. The van der Waals surface area contributed by atoms with E-state index in [1.54, 1.807) is 18.2 Å². The maximum absolute atomic E-state index is 8.33. The lowest BCUT2D eigenvalue weighted by Crippen LogP contribution is -1.84. The molecule has 0 spiro atoms. The minimum atomic E-state index is 0.481. The van der Waals surface area contributed by atoms with Crippen LogP contribution in [-0.4, -0.2) is 0 Å². The third-order valence-corrected chi connectivity index (χ3v) is 0.938. The summed E-state index contributed by atoms with van der Waals surface area (Å²) in [7, 11) is 0. The minimum absolute atomic E-state index is 0.481. The molecule has 0 fully saturated rings. The van der Waals surface area contributed by atoms with Gasteiger partial charge in [-0.15, -0.1) is 0 Å². The second-order valence-electron chi connectivity index (χ2n) is 1.63. The summed E-state index contributed by atoms with van der Waals surface area (Å²) < 4.78 is 0. The van der Waals surface area contributed by atoms with Crippen LogP contribution in [0.25, 0.3) is 0 Å². The van der Waals surface area contributed by atoms with Gasteiger partial charge in [-0.05, 0) is 12.1 Å². The van der Waals surface area contributed by atoms with Crippen molar-refractivity contribution in [1.29, 1.82) is 5.26 Å². The molecule has 1 radical (unpaired) electrons. The average Bonchev–Trinajstić information content (AvgIpc) is 1.88. The lowest BCUT2D eigenvalue weighted by atomic mass is 10.2. The second kappa shape index (κ2) is 2.19. The third kappa shape index (κ3) is 1.20. The molecule has 2 nitrogen and oxygen atoms in total. The highest BCUT2D eigenvalue weighted by molar-refractivity contribution is 5.43. The van der Waals surface area contributed by atoms with E-state index in [2.05, 4.69) is 6.07 Å². The Hall–Kier alpha value is -1.49. The largest absolute Gasteiger partial charge is 0.398 e. The van der Waals surface area contributed by atoms with E-state index in [-0.39, 0.29) is 0 Å². The van der Waals surface area contributed by atoms with Gasteiger partial charge in [0.15, 0.2) is 0 Å². The van der Waals surface area contributed by atoms with E-state index >= 15 is 0 Å². The van der Waals surface area contributed by atoms with Gasteiger partial charge < -0.3 is 5.73 Å². The van der Waals surface area contributed by atoms with Crippen molar-refractivity contribution >= 4 is 5.69 Å². The second-order valence-corrected chi connectivity index (χ2v) is 1.63. The Morgan fingerprint density at radius 1 is 1.56 bits per heavy atom. The summed E-state index contributed by atoms with van der Waals surface area (Å²) in [5.41, 5.74) is 6.32. The van der Waals surface area contributed by atoms with Gasteiger partial charge >= 0.3 is 0 Å². The van der Waals surface area contributed by atoms with Crippen LogP contribution < -0.4 is 5.73 Å². The fourth-order valence-corrected chi connectivity index (χ4v) is 0.552. The Morgan fingerprint density at radius 2 is 2.33 bits per heavy atom. The summed E-state index contributed by atoms with van der Waals surface area (Å²) in [4.78, 5) is 0. The van der Waals surface area contributed by atoms with Gasteiger partial charge in [0.1, 0.15) is 0 Å². The molecule has 9 heavy (non-hydrogen) atoms. The molecule has 1 rings (SSSR count). The van der Waals surface area contributed by atoms with E-state index in [1.807, 2.05) is 6.07 Å². The van der Waals surface area contributed by atoms with E-state index < -0.39 is 0 Å². The fourth-order valence-electron chi connectivity index (χ4n) is 0.552. The number of nitriles is 1. The molecular formula is C7H5N2. The number of hydrogen-bond donors (Lipinski definition) is 1. The van der Waals surface area contributed by atoms with Crippen molar-refractivity contribution in [2.75, 3.05) is 5.73 Å². The molecule has 0 amide bonds. The summed E-state index contributed by atoms with van der Waals surface area (Å²) in [6.45, 7) is 0. The average molecular weight is 117 g/mol. The highest BCUT2D eigenvalue weighted by Gasteiger charge is 1.87. The number of anilines is 1. The third-order valence-electron chi connectivity index (χ3n) is 0.938. The Labute approximate surface area is 53.5 Å². The Morgan fingerprint density at radius 3 is 2.78 bits per heavy atom. The topological polar surface area (TPSA) is 49.8 Å². The fraction of sp³-hybridized carbons (Fsp3) is 0. The van der Waals surface area contributed by atoms with Crippen LogP contribution in [0.15, 0.2) is 18.2 Å². The van der Waals surface area contributed by atoms with Crippen LogP contribution in [0.2, 0.25) is 0 Å². The standard InChI is InChI=1S/C7H5N2/c8-5-6-2-1-3-7(9)4-6/h1-3H,9H2. The quantitative estimate of drug-likeness (QED) is 0.514. The molecule has 1 aromatic carbocycles. The zero-order chi connectivity index (χ0) is 6.69. The summed E-state index contributed by atoms with van der Waals surface area (Å²) in [6, 6.07) is 9.69. The smallest absolute Gasteiger partial charge is 0.0998 e. The van der Waals surface area contributed by atoms with Gasteiger partial charge in [-0.25, -0.2) is 0 Å². The molecule has 0 aliphatic heterocycles. The Bertz CT molecular complexity index is 247. The number of rotatable bonds is 0. The predicted molar refractivity (Wildman–Crippen MR) is 34.4 cm³/mol. The molecule has 0 saturated heterocycles. The lowest BCUT2D eigenvalue weighted by Gasteiger charge is -1.88. The first-order valence-corrected chi connectivity index (χ1v) is 2.51. The minimum Gasteiger partial charge on any atom is -0.398 e. The molecule has 0 heterocycles. The molecule has 0 atom stereocenters. The zero-order valence-electron chi connectivity index (χ0n) is 4.76. The molecule has 0 bridgehead atoms. The molecule has 2 N–H and O–H groups in total.